The standard InChI is InChI=1S/C24H25NO4/c1-4-5-6-11-28-17-9-7-16(8-10-17)21-20-22(26)18-12-14(2)15(3)13-19(18)29-23(20)24(27)25-21/h7-10,12-13,21H,4-6,11H2,1-3H3,(H,25,27). The maximum absolute atomic E-state index is 13.2. The van der Waals surface area contributed by atoms with Gasteiger partial charge in [0.1, 0.15) is 11.3 Å². The molecule has 1 atom stereocenters. The summed E-state index contributed by atoms with van der Waals surface area (Å²) in [6.07, 6.45) is 3.32. The van der Waals surface area contributed by atoms with Gasteiger partial charge in [-0.15, -0.1) is 0 Å². The van der Waals surface area contributed by atoms with Gasteiger partial charge in [0, 0.05) is 0 Å². The molecule has 1 aromatic heterocycles. The summed E-state index contributed by atoms with van der Waals surface area (Å²) in [6.45, 7) is 6.76. The molecule has 0 saturated heterocycles. The van der Waals surface area contributed by atoms with E-state index in [1.54, 1.807) is 0 Å². The van der Waals surface area contributed by atoms with Gasteiger partial charge in [-0.2, -0.15) is 0 Å². The third kappa shape index (κ3) is 3.53. The second kappa shape index (κ2) is 7.74. The van der Waals surface area contributed by atoms with E-state index in [0.29, 0.717) is 23.1 Å². The van der Waals surface area contributed by atoms with Crippen LogP contribution in [0.15, 0.2) is 45.6 Å². The lowest BCUT2D eigenvalue weighted by atomic mass is 9.98. The van der Waals surface area contributed by atoms with Gasteiger partial charge in [0.2, 0.25) is 5.76 Å². The van der Waals surface area contributed by atoms with Crippen molar-refractivity contribution < 1.29 is 13.9 Å². The van der Waals surface area contributed by atoms with E-state index < -0.39 is 6.04 Å². The molecule has 0 spiro atoms. The molecular weight excluding hydrogens is 366 g/mol. The Hall–Kier alpha value is -3.08. The molecule has 2 heterocycles. The van der Waals surface area contributed by atoms with E-state index in [2.05, 4.69) is 12.2 Å². The number of amides is 1. The smallest absolute Gasteiger partial charge is 0.288 e. The fourth-order valence-electron chi connectivity index (χ4n) is 3.71. The first-order chi connectivity index (χ1) is 14.0. The summed E-state index contributed by atoms with van der Waals surface area (Å²) in [4.78, 5) is 25.7. The number of aryl methyl sites for hydroxylation is 2. The lowest BCUT2D eigenvalue weighted by Crippen LogP contribution is -2.21. The Morgan fingerprint density at radius 1 is 1.03 bits per heavy atom. The van der Waals surface area contributed by atoms with Crippen LogP contribution in [0.1, 0.15) is 65.0 Å². The highest BCUT2D eigenvalue weighted by atomic mass is 16.5. The van der Waals surface area contributed by atoms with Crippen molar-refractivity contribution >= 4 is 16.9 Å². The van der Waals surface area contributed by atoms with E-state index >= 15 is 0 Å². The number of hydrogen-bond acceptors (Lipinski definition) is 4. The quantitative estimate of drug-likeness (QED) is 0.612. The molecule has 4 rings (SSSR count). The minimum absolute atomic E-state index is 0.107. The molecule has 5 nitrogen and oxygen atoms in total. The van der Waals surface area contributed by atoms with Gasteiger partial charge in [0.15, 0.2) is 5.43 Å². The van der Waals surface area contributed by atoms with Gasteiger partial charge in [-0.25, -0.2) is 0 Å². The molecule has 1 N–H and O–H groups in total. The molecule has 150 valence electrons. The first kappa shape index (κ1) is 19.2. The fraction of sp³-hybridized carbons (Fsp3) is 0.333. The highest BCUT2D eigenvalue weighted by Gasteiger charge is 2.35. The number of rotatable bonds is 6. The minimum atomic E-state index is -0.520. The number of fused-ring (bicyclic) bond motifs is 2. The van der Waals surface area contributed by atoms with Crippen molar-refractivity contribution in [3.8, 4) is 5.75 Å². The number of benzene rings is 2. The van der Waals surface area contributed by atoms with Crippen LogP contribution >= 0.6 is 0 Å². The van der Waals surface area contributed by atoms with E-state index in [0.717, 1.165) is 41.7 Å². The Morgan fingerprint density at radius 3 is 2.48 bits per heavy atom. The van der Waals surface area contributed by atoms with Gasteiger partial charge < -0.3 is 14.5 Å². The zero-order valence-corrected chi connectivity index (χ0v) is 17.0. The first-order valence-corrected chi connectivity index (χ1v) is 10.1. The molecule has 1 aliphatic heterocycles. The first-order valence-electron chi connectivity index (χ1n) is 10.1. The summed E-state index contributed by atoms with van der Waals surface area (Å²) < 4.78 is 11.6. The third-order valence-electron chi connectivity index (χ3n) is 5.54. The van der Waals surface area contributed by atoms with Crippen LogP contribution in [-0.2, 0) is 0 Å². The zero-order chi connectivity index (χ0) is 20.5. The van der Waals surface area contributed by atoms with E-state index in [4.69, 9.17) is 9.15 Å². The van der Waals surface area contributed by atoms with Crippen LogP contribution in [0.5, 0.6) is 5.75 Å². The Labute approximate surface area is 169 Å². The molecule has 0 aliphatic carbocycles. The van der Waals surface area contributed by atoms with Gasteiger partial charge in [0.05, 0.1) is 23.6 Å². The van der Waals surface area contributed by atoms with Crippen LogP contribution in [0, 0.1) is 13.8 Å². The molecule has 2 aromatic carbocycles. The SMILES string of the molecule is CCCCCOc1ccc(C2NC(=O)c3oc4cc(C)c(C)cc4c(=O)c32)cc1. The number of ether oxygens (including phenoxy) is 1. The summed E-state index contributed by atoms with van der Waals surface area (Å²) in [7, 11) is 0. The number of unbranched alkanes of at least 4 members (excludes halogenated alkanes) is 2. The van der Waals surface area contributed by atoms with Gasteiger partial charge in [-0.05, 0) is 61.2 Å². The molecule has 29 heavy (non-hydrogen) atoms. The molecule has 0 saturated carbocycles. The van der Waals surface area contributed by atoms with Crippen molar-refractivity contribution in [1.82, 2.24) is 5.32 Å². The summed E-state index contributed by atoms with van der Waals surface area (Å²) in [5, 5.41) is 3.39. The average molecular weight is 391 g/mol. The number of carbonyl (C=O) groups excluding carboxylic acids is 1. The van der Waals surface area contributed by atoms with Crippen LogP contribution in [-0.4, -0.2) is 12.5 Å². The Bertz CT molecular complexity index is 1130. The third-order valence-corrected chi connectivity index (χ3v) is 5.54. The van der Waals surface area contributed by atoms with Crippen molar-refractivity contribution in [3.63, 3.8) is 0 Å². The Morgan fingerprint density at radius 2 is 1.76 bits per heavy atom. The molecule has 0 fully saturated rings. The second-order valence-corrected chi connectivity index (χ2v) is 7.64. The number of carbonyl (C=O) groups is 1. The molecule has 0 radical (unpaired) electrons. The van der Waals surface area contributed by atoms with Crippen LogP contribution in [0.2, 0.25) is 0 Å². The van der Waals surface area contributed by atoms with Gasteiger partial charge >= 0.3 is 0 Å². The summed E-state index contributed by atoms with van der Waals surface area (Å²) in [6, 6.07) is 10.7. The number of hydrogen-bond donors (Lipinski definition) is 1. The Kier molecular flexibility index (Phi) is 5.14. The Balaban J connectivity index is 1.68. The van der Waals surface area contributed by atoms with E-state index in [1.165, 1.54) is 0 Å². The van der Waals surface area contributed by atoms with Crippen molar-refractivity contribution in [2.75, 3.05) is 6.61 Å². The summed E-state index contributed by atoms with van der Waals surface area (Å²) in [5.41, 5.74) is 3.53. The summed E-state index contributed by atoms with van der Waals surface area (Å²) in [5.74, 6) is 0.531. The molecule has 5 heteroatoms. The maximum Gasteiger partial charge on any atom is 0.288 e. The highest BCUT2D eigenvalue weighted by Crippen LogP contribution is 2.32. The molecule has 1 aliphatic rings. The van der Waals surface area contributed by atoms with Crippen LogP contribution < -0.4 is 15.5 Å². The minimum Gasteiger partial charge on any atom is -0.494 e. The zero-order valence-electron chi connectivity index (χ0n) is 17.0. The van der Waals surface area contributed by atoms with Crippen LogP contribution in [0.4, 0.5) is 0 Å². The van der Waals surface area contributed by atoms with Crippen LogP contribution in [0.25, 0.3) is 11.0 Å². The average Bonchev–Trinajstić information content (AvgIpc) is 3.04. The largest absolute Gasteiger partial charge is 0.494 e. The monoisotopic (exact) mass is 391 g/mol. The molecule has 0 bridgehead atoms. The van der Waals surface area contributed by atoms with Crippen molar-refractivity contribution in [2.45, 2.75) is 46.1 Å². The predicted octanol–water partition coefficient (Wildman–Crippen LogP) is 4.81. The summed E-state index contributed by atoms with van der Waals surface area (Å²) >= 11 is 0. The van der Waals surface area contributed by atoms with Gasteiger partial charge in [0.25, 0.3) is 5.91 Å². The highest BCUT2D eigenvalue weighted by molar-refractivity contribution is 5.99. The fourth-order valence-corrected chi connectivity index (χ4v) is 3.71. The van der Waals surface area contributed by atoms with Gasteiger partial charge in [-0.1, -0.05) is 31.9 Å². The second-order valence-electron chi connectivity index (χ2n) is 7.64. The van der Waals surface area contributed by atoms with E-state index in [-0.39, 0.29) is 17.1 Å². The lowest BCUT2D eigenvalue weighted by Gasteiger charge is -2.13. The number of nitrogens with one attached hydrogen (secondary N) is 1. The molecule has 1 amide bonds. The maximum atomic E-state index is 13.2. The molecule has 1 unspecified atom stereocenters. The van der Waals surface area contributed by atoms with Crippen LogP contribution in [0.3, 0.4) is 0 Å². The molecular formula is C24H25NO4. The van der Waals surface area contributed by atoms with Crippen molar-refractivity contribution in [2.24, 2.45) is 0 Å². The van der Waals surface area contributed by atoms with E-state index in [9.17, 15) is 9.59 Å². The lowest BCUT2D eigenvalue weighted by molar-refractivity contribution is 0.0938. The van der Waals surface area contributed by atoms with E-state index in [1.807, 2.05) is 50.2 Å². The van der Waals surface area contributed by atoms with Crippen molar-refractivity contribution in [1.29, 1.82) is 0 Å². The van der Waals surface area contributed by atoms with Crippen molar-refractivity contribution in [3.05, 3.63) is 74.6 Å². The normalized spacial score (nSPS) is 15.4. The van der Waals surface area contributed by atoms with Gasteiger partial charge in [-0.3, -0.25) is 9.59 Å². The topological polar surface area (TPSA) is 68.5 Å². The molecule has 3 aromatic rings. The predicted molar refractivity (Wildman–Crippen MR) is 113 cm³/mol.